The molecule has 0 spiro atoms. The Morgan fingerprint density at radius 2 is 1.29 bits per heavy atom. The van der Waals surface area contributed by atoms with Gasteiger partial charge in [-0.2, -0.15) is 0 Å². The number of unbranched alkanes of at least 4 members (excludes halogenated alkanes) is 8. The molecule has 0 aromatic carbocycles. The highest BCUT2D eigenvalue weighted by Crippen LogP contribution is 2.12. The average Bonchev–Trinajstić information content (AvgIpc) is 2.60. The van der Waals surface area contributed by atoms with Crippen LogP contribution in [0.1, 0.15) is 97.3 Å². The molecule has 2 nitrogen and oxygen atoms in total. The lowest BCUT2D eigenvalue weighted by molar-refractivity contribution is -0.148. The van der Waals surface area contributed by atoms with Crippen LogP contribution in [0.25, 0.3) is 0 Å². The lowest BCUT2D eigenvalue weighted by Gasteiger charge is -2.18. The summed E-state index contributed by atoms with van der Waals surface area (Å²) in [6.07, 6.45) is 15.3. The Kier molecular flexibility index (Phi) is 21.4. The van der Waals surface area contributed by atoms with Crippen LogP contribution in [-0.4, -0.2) is 23.9 Å². The monoisotopic (exact) mass is 450 g/mol. The van der Waals surface area contributed by atoms with Crippen LogP contribution in [0.15, 0.2) is 0 Å². The van der Waals surface area contributed by atoms with Crippen molar-refractivity contribution in [2.75, 3.05) is 17.6 Å². The second-order valence-corrected chi connectivity index (χ2v) is 7.41. The number of hydrogen-bond donors (Lipinski definition) is 0. The van der Waals surface area contributed by atoms with Gasteiger partial charge in [-0.05, 0) is 38.5 Å². The predicted molar refractivity (Wildman–Crippen MR) is 114 cm³/mol. The van der Waals surface area contributed by atoms with E-state index in [0.29, 0.717) is 0 Å². The van der Waals surface area contributed by atoms with E-state index in [4.69, 9.17) is 9.47 Å². The van der Waals surface area contributed by atoms with Gasteiger partial charge in [0.1, 0.15) is 0 Å². The van der Waals surface area contributed by atoms with Gasteiger partial charge in [-0.25, -0.2) is 0 Å². The van der Waals surface area contributed by atoms with E-state index in [1.165, 1.54) is 55.8 Å². The van der Waals surface area contributed by atoms with Gasteiger partial charge in [0.05, 0.1) is 0 Å². The van der Waals surface area contributed by atoms with Crippen molar-refractivity contribution in [1.82, 2.24) is 0 Å². The molecule has 0 atom stereocenters. The van der Waals surface area contributed by atoms with Crippen molar-refractivity contribution >= 4 is 22.6 Å². The summed E-state index contributed by atoms with van der Waals surface area (Å²) in [5, 5.41) is 0. The molecule has 0 amide bonds. The fraction of sp³-hybridized carbons (Fsp3) is 0.905. The first-order chi connectivity index (χ1) is 11.8. The first-order valence-corrected chi connectivity index (χ1v) is 11.6. The minimum atomic E-state index is 0.00782. The predicted octanol–water partition coefficient (Wildman–Crippen LogP) is 6.90. The van der Waals surface area contributed by atoms with Crippen molar-refractivity contribution in [3.8, 4) is 11.8 Å². The summed E-state index contributed by atoms with van der Waals surface area (Å²) in [6.45, 7) is 6.14. The maximum absolute atomic E-state index is 5.95. The van der Waals surface area contributed by atoms with Gasteiger partial charge < -0.3 is 9.47 Å². The van der Waals surface area contributed by atoms with E-state index in [1.807, 2.05) is 0 Å². The number of ether oxygens (including phenoxy) is 2. The summed E-state index contributed by atoms with van der Waals surface area (Å²) < 4.78 is 13.1. The molecule has 0 saturated heterocycles. The van der Waals surface area contributed by atoms with Gasteiger partial charge in [-0.1, -0.05) is 68.5 Å². The maximum Gasteiger partial charge on any atom is 0.157 e. The summed E-state index contributed by atoms with van der Waals surface area (Å²) >= 11 is 2.41. The zero-order valence-electron chi connectivity index (χ0n) is 16.1. The first-order valence-electron chi connectivity index (χ1n) is 10.1. The molecule has 0 aliphatic carbocycles. The summed E-state index contributed by atoms with van der Waals surface area (Å²) in [6, 6.07) is 0. The van der Waals surface area contributed by atoms with Crippen LogP contribution in [0, 0.1) is 11.8 Å². The van der Waals surface area contributed by atoms with Crippen molar-refractivity contribution in [1.29, 1.82) is 0 Å². The Bertz CT molecular complexity index is 284. The molecular formula is C21H39IO2. The van der Waals surface area contributed by atoms with Crippen molar-refractivity contribution in [3.63, 3.8) is 0 Å². The third kappa shape index (κ3) is 18.5. The highest BCUT2D eigenvalue weighted by atomic mass is 127. The molecule has 0 aliphatic heterocycles. The molecule has 0 unspecified atom stereocenters. The lowest BCUT2D eigenvalue weighted by atomic mass is 10.1. The number of halogens is 1. The van der Waals surface area contributed by atoms with Crippen LogP contribution in [0.3, 0.4) is 0 Å². The summed E-state index contributed by atoms with van der Waals surface area (Å²) in [4.78, 5) is 0. The minimum absolute atomic E-state index is 0.00782. The standard InChI is InChI=1S/C21H39IO2/c1-3-5-15-19-23-21(24-20-16-6-4-2)17-13-11-9-7-8-10-12-14-18-22/h21H,3-7,9,11-20H2,1-2H3. The van der Waals surface area contributed by atoms with Gasteiger partial charge in [-0.3, -0.25) is 0 Å². The van der Waals surface area contributed by atoms with E-state index >= 15 is 0 Å². The van der Waals surface area contributed by atoms with E-state index in [-0.39, 0.29) is 6.29 Å². The smallest absolute Gasteiger partial charge is 0.157 e. The molecule has 0 aromatic heterocycles. The molecule has 3 heteroatoms. The summed E-state index contributed by atoms with van der Waals surface area (Å²) in [5.74, 6) is 6.55. The molecular weight excluding hydrogens is 411 g/mol. The highest BCUT2D eigenvalue weighted by molar-refractivity contribution is 14.1. The average molecular weight is 450 g/mol. The highest BCUT2D eigenvalue weighted by Gasteiger charge is 2.08. The molecule has 0 N–H and O–H groups in total. The minimum Gasteiger partial charge on any atom is -0.353 e. The summed E-state index contributed by atoms with van der Waals surface area (Å²) in [7, 11) is 0. The van der Waals surface area contributed by atoms with Crippen LogP contribution >= 0.6 is 22.6 Å². The number of alkyl halides is 1. The Balaban J connectivity index is 3.73. The van der Waals surface area contributed by atoms with Gasteiger partial charge in [0.25, 0.3) is 0 Å². The van der Waals surface area contributed by atoms with Crippen LogP contribution in [-0.2, 0) is 9.47 Å². The molecule has 0 aliphatic rings. The maximum atomic E-state index is 5.95. The van der Waals surface area contributed by atoms with Gasteiger partial charge in [0.2, 0.25) is 0 Å². The number of hydrogen-bond acceptors (Lipinski definition) is 2. The molecule has 0 rings (SSSR count). The SMILES string of the molecule is CCCCCOC(CCCCCC#CCCCI)OCCCCC. The molecule has 0 radical (unpaired) electrons. The molecule has 0 aromatic rings. The van der Waals surface area contributed by atoms with Crippen molar-refractivity contribution < 1.29 is 9.47 Å². The van der Waals surface area contributed by atoms with E-state index in [9.17, 15) is 0 Å². The van der Waals surface area contributed by atoms with E-state index in [0.717, 1.165) is 45.3 Å². The van der Waals surface area contributed by atoms with Crippen molar-refractivity contribution in [2.45, 2.75) is 104 Å². The Morgan fingerprint density at radius 1 is 0.708 bits per heavy atom. The molecule has 0 heterocycles. The van der Waals surface area contributed by atoms with Crippen molar-refractivity contribution in [3.05, 3.63) is 0 Å². The molecule has 0 bridgehead atoms. The third-order valence-corrected chi connectivity index (χ3v) is 4.67. The topological polar surface area (TPSA) is 18.5 Å². The lowest BCUT2D eigenvalue weighted by Crippen LogP contribution is -2.19. The Hall–Kier alpha value is 0.210. The Morgan fingerprint density at radius 3 is 1.83 bits per heavy atom. The molecule has 0 saturated carbocycles. The van der Waals surface area contributed by atoms with Gasteiger partial charge in [0.15, 0.2) is 6.29 Å². The van der Waals surface area contributed by atoms with Gasteiger partial charge >= 0.3 is 0 Å². The zero-order valence-corrected chi connectivity index (χ0v) is 18.2. The number of rotatable bonds is 17. The van der Waals surface area contributed by atoms with E-state index in [2.05, 4.69) is 48.3 Å². The second-order valence-electron chi connectivity index (χ2n) is 6.33. The van der Waals surface area contributed by atoms with E-state index in [1.54, 1.807) is 0 Å². The third-order valence-electron chi connectivity index (χ3n) is 3.91. The van der Waals surface area contributed by atoms with Crippen LogP contribution in [0.4, 0.5) is 0 Å². The second kappa shape index (κ2) is 21.3. The molecule has 24 heavy (non-hydrogen) atoms. The normalized spacial score (nSPS) is 10.8. The van der Waals surface area contributed by atoms with E-state index < -0.39 is 0 Å². The zero-order chi connectivity index (χ0) is 17.7. The van der Waals surface area contributed by atoms with Crippen LogP contribution in [0.2, 0.25) is 0 Å². The van der Waals surface area contributed by atoms with Gasteiger partial charge in [-0.15, -0.1) is 11.8 Å². The molecule has 142 valence electrons. The first kappa shape index (κ1) is 24.2. The summed E-state index contributed by atoms with van der Waals surface area (Å²) in [5.41, 5.74) is 0. The van der Waals surface area contributed by atoms with Crippen LogP contribution < -0.4 is 0 Å². The fourth-order valence-electron chi connectivity index (χ4n) is 2.38. The van der Waals surface area contributed by atoms with Gasteiger partial charge in [0, 0.05) is 30.5 Å². The largest absolute Gasteiger partial charge is 0.353 e. The van der Waals surface area contributed by atoms with Crippen molar-refractivity contribution in [2.24, 2.45) is 0 Å². The van der Waals surface area contributed by atoms with Crippen LogP contribution in [0.5, 0.6) is 0 Å². The fourth-order valence-corrected chi connectivity index (χ4v) is 2.76. The quantitative estimate of drug-likeness (QED) is 0.0789. The Labute approximate surface area is 165 Å². The molecule has 0 fully saturated rings.